The Kier molecular flexibility index (Phi) is 6.65. The van der Waals surface area contributed by atoms with E-state index in [-0.39, 0.29) is 18.2 Å². The Morgan fingerprint density at radius 2 is 1.50 bits per heavy atom. The number of benzene rings is 2. The van der Waals surface area contributed by atoms with Gasteiger partial charge in [-0.05, 0) is 24.5 Å². The molecule has 0 radical (unpaired) electrons. The van der Waals surface area contributed by atoms with Crippen LogP contribution in [-0.4, -0.2) is 34.9 Å². The number of hydrogen-bond acceptors (Lipinski definition) is 3. The number of carbonyl (C=O) groups is 3. The molecule has 2 aromatic carbocycles. The van der Waals surface area contributed by atoms with Crippen molar-refractivity contribution < 1.29 is 18.8 Å². The number of rotatable bonds is 8. The molecule has 0 fully saturated rings. The molecular formula is C24H27FN2O3. The number of nitrogens with zero attached hydrogens (tertiary/aromatic N) is 1. The van der Waals surface area contributed by atoms with Crippen LogP contribution in [0.5, 0.6) is 0 Å². The van der Waals surface area contributed by atoms with E-state index in [1.165, 1.54) is 0 Å². The van der Waals surface area contributed by atoms with Crippen molar-refractivity contribution in [3.63, 3.8) is 0 Å². The van der Waals surface area contributed by atoms with E-state index in [0.717, 1.165) is 21.8 Å². The number of carbonyl (C=O) groups excluding carboxylic acids is 3. The number of halogens is 1. The van der Waals surface area contributed by atoms with Crippen LogP contribution in [0, 0.1) is 11.8 Å². The number of hydrogen-bond donors (Lipinski definition) is 1. The highest BCUT2D eigenvalue weighted by molar-refractivity contribution is 6.13. The van der Waals surface area contributed by atoms with E-state index in [9.17, 15) is 18.8 Å². The predicted molar refractivity (Wildman–Crippen MR) is 116 cm³/mol. The molecule has 0 aliphatic rings. The minimum absolute atomic E-state index is 0.00752. The third kappa shape index (κ3) is 4.13. The van der Waals surface area contributed by atoms with E-state index in [2.05, 4.69) is 5.32 Å². The summed E-state index contributed by atoms with van der Waals surface area (Å²) in [6, 6.07) is 14.5. The van der Waals surface area contributed by atoms with Gasteiger partial charge in [0.2, 0.25) is 11.8 Å². The Balaban J connectivity index is 1.92. The Labute approximate surface area is 175 Å². The van der Waals surface area contributed by atoms with Gasteiger partial charge in [0.15, 0.2) is 5.78 Å². The van der Waals surface area contributed by atoms with E-state index in [0.29, 0.717) is 6.42 Å². The molecule has 158 valence electrons. The van der Waals surface area contributed by atoms with Gasteiger partial charge in [0, 0.05) is 23.1 Å². The number of amides is 1. The number of fused-ring (bicyclic) bond motifs is 3. The highest BCUT2D eigenvalue weighted by Crippen LogP contribution is 2.30. The molecule has 0 aliphatic carbocycles. The Morgan fingerprint density at radius 3 is 1.97 bits per heavy atom. The average Bonchev–Trinajstić information content (AvgIpc) is 3.09. The van der Waals surface area contributed by atoms with Crippen LogP contribution < -0.4 is 5.32 Å². The molecule has 0 aliphatic heterocycles. The fourth-order valence-corrected chi connectivity index (χ4v) is 3.88. The number of alkyl halides is 1. The molecular weight excluding hydrogens is 383 g/mol. The summed E-state index contributed by atoms with van der Waals surface area (Å²) in [5.74, 6) is -1.99. The molecule has 0 saturated heterocycles. The minimum Gasteiger partial charge on any atom is -0.346 e. The molecule has 3 rings (SSSR count). The second-order valence-electron chi connectivity index (χ2n) is 7.89. The molecule has 2 atom stereocenters. The molecule has 5 nitrogen and oxygen atoms in total. The van der Waals surface area contributed by atoms with Gasteiger partial charge >= 0.3 is 0 Å². The van der Waals surface area contributed by atoms with Crippen LogP contribution in [0.15, 0.2) is 48.5 Å². The fraction of sp³-hybridized carbons (Fsp3) is 0.375. The molecule has 0 spiro atoms. The molecule has 3 aromatic rings. The topological polar surface area (TPSA) is 68.2 Å². The zero-order valence-electron chi connectivity index (χ0n) is 17.5. The van der Waals surface area contributed by atoms with Crippen LogP contribution in [-0.2, 0) is 9.59 Å². The van der Waals surface area contributed by atoms with Gasteiger partial charge in [-0.2, -0.15) is 0 Å². The van der Waals surface area contributed by atoms with Crippen LogP contribution in [0.2, 0.25) is 0 Å². The second-order valence-corrected chi connectivity index (χ2v) is 7.89. The Hall–Kier alpha value is -3.02. The lowest BCUT2D eigenvalue weighted by Gasteiger charge is -2.23. The first-order valence-electron chi connectivity index (χ1n) is 10.3. The van der Waals surface area contributed by atoms with Gasteiger partial charge in [-0.3, -0.25) is 19.0 Å². The van der Waals surface area contributed by atoms with Crippen molar-refractivity contribution in [2.75, 3.05) is 6.67 Å². The smallest absolute Gasteiger partial charge is 0.232 e. The summed E-state index contributed by atoms with van der Waals surface area (Å²) < 4.78 is 14.4. The summed E-state index contributed by atoms with van der Waals surface area (Å²) in [5.41, 5.74) is 1.59. The molecule has 0 saturated carbocycles. The van der Waals surface area contributed by atoms with Crippen LogP contribution in [0.25, 0.3) is 21.8 Å². The normalized spacial score (nSPS) is 13.5. The lowest BCUT2D eigenvalue weighted by molar-refractivity contribution is -0.131. The maximum absolute atomic E-state index is 13.4. The molecule has 1 aromatic heterocycles. The van der Waals surface area contributed by atoms with Crippen molar-refractivity contribution in [1.82, 2.24) is 9.88 Å². The fourth-order valence-electron chi connectivity index (χ4n) is 3.88. The van der Waals surface area contributed by atoms with Gasteiger partial charge in [0.05, 0.1) is 17.1 Å². The summed E-state index contributed by atoms with van der Waals surface area (Å²) in [6.07, 6.45) is 0.298. The third-order valence-corrected chi connectivity index (χ3v) is 5.61. The quantitative estimate of drug-likeness (QED) is 0.593. The Morgan fingerprint density at radius 1 is 0.967 bits per heavy atom. The molecule has 6 heteroatoms. The van der Waals surface area contributed by atoms with Crippen molar-refractivity contribution in [3.8, 4) is 0 Å². The standard InChI is InChI=1S/C24H27FN2O3/c1-4-19(22(28)14-25)26-24(30)18(15(2)3)13-23(29)27-20-11-7-5-9-16(20)17-10-6-8-12-21(17)27/h5-12,15,18-19H,4,13-14H2,1-3H3,(H,26,30)/t18-,19?/m0/s1. The van der Waals surface area contributed by atoms with Gasteiger partial charge in [-0.1, -0.05) is 57.2 Å². The summed E-state index contributed by atoms with van der Waals surface area (Å²) >= 11 is 0. The monoisotopic (exact) mass is 410 g/mol. The number of aromatic nitrogens is 1. The molecule has 1 heterocycles. The van der Waals surface area contributed by atoms with Gasteiger partial charge in [-0.15, -0.1) is 0 Å². The molecule has 1 N–H and O–H groups in total. The van der Waals surface area contributed by atoms with Crippen molar-refractivity contribution >= 4 is 39.4 Å². The first kappa shape index (κ1) is 21.7. The first-order valence-corrected chi connectivity index (χ1v) is 10.3. The van der Waals surface area contributed by atoms with Gasteiger partial charge in [-0.25, -0.2) is 4.39 Å². The lowest BCUT2D eigenvalue weighted by Crippen LogP contribution is -2.45. The maximum Gasteiger partial charge on any atom is 0.232 e. The zero-order valence-corrected chi connectivity index (χ0v) is 17.5. The number of para-hydroxylation sites is 2. The maximum atomic E-state index is 13.4. The highest BCUT2D eigenvalue weighted by atomic mass is 19.1. The van der Waals surface area contributed by atoms with E-state index in [1.807, 2.05) is 62.4 Å². The third-order valence-electron chi connectivity index (χ3n) is 5.61. The van der Waals surface area contributed by atoms with Crippen LogP contribution in [0.3, 0.4) is 0 Å². The van der Waals surface area contributed by atoms with Crippen molar-refractivity contribution in [2.45, 2.75) is 39.7 Å². The average molecular weight is 410 g/mol. The highest BCUT2D eigenvalue weighted by Gasteiger charge is 2.30. The predicted octanol–water partition coefficient (Wildman–Crippen LogP) is 4.53. The van der Waals surface area contributed by atoms with Gasteiger partial charge < -0.3 is 5.32 Å². The first-order chi connectivity index (χ1) is 14.4. The zero-order chi connectivity index (χ0) is 21.8. The number of ketones is 1. The van der Waals surface area contributed by atoms with E-state index >= 15 is 0 Å². The Bertz CT molecular complexity index is 1030. The minimum atomic E-state index is -1.12. The van der Waals surface area contributed by atoms with Crippen LogP contribution in [0.4, 0.5) is 4.39 Å². The van der Waals surface area contributed by atoms with Crippen LogP contribution in [0.1, 0.15) is 38.4 Å². The summed E-state index contributed by atoms with van der Waals surface area (Å²) in [6.45, 7) is 4.32. The largest absolute Gasteiger partial charge is 0.346 e. The molecule has 1 amide bonds. The SMILES string of the molecule is CCC(NC(=O)[C@@H](CC(=O)n1c2ccccc2c2ccccc21)C(C)C)C(=O)CF. The number of nitrogens with one attached hydrogen (secondary N) is 1. The van der Waals surface area contributed by atoms with Crippen LogP contribution >= 0.6 is 0 Å². The number of Topliss-reactive ketones (excluding diaryl/α,β-unsaturated/α-hetero) is 1. The second kappa shape index (κ2) is 9.20. The van der Waals surface area contributed by atoms with E-state index in [4.69, 9.17) is 0 Å². The summed E-state index contributed by atoms with van der Waals surface area (Å²) in [7, 11) is 0. The summed E-state index contributed by atoms with van der Waals surface area (Å²) in [5, 5.41) is 4.59. The van der Waals surface area contributed by atoms with E-state index < -0.39 is 30.3 Å². The van der Waals surface area contributed by atoms with Crippen molar-refractivity contribution in [3.05, 3.63) is 48.5 Å². The molecule has 0 bridgehead atoms. The van der Waals surface area contributed by atoms with Gasteiger partial charge in [0.25, 0.3) is 0 Å². The lowest BCUT2D eigenvalue weighted by atomic mass is 9.90. The van der Waals surface area contributed by atoms with E-state index in [1.54, 1.807) is 11.5 Å². The van der Waals surface area contributed by atoms with Crippen molar-refractivity contribution in [2.24, 2.45) is 11.8 Å². The molecule has 30 heavy (non-hydrogen) atoms. The van der Waals surface area contributed by atoms with Gasteiger partial charge in [0.1, 0.15) is 6.67 Å². The van der Waals surface area contributed by atoms with Crippen molar-refractivity contribution in [1.29, 1.82) is 0 Å². The summed E-state index contributed by atoms with van der Waals surface area (Å²) in [4.78, 5) is 37.9. The molecule has 1 unspecified atom stereocenters.